The lowest BCUT2D eigenvalue weighted by Crippen LogP contribution is -1.97. The van der Waals surface area contributed by atoms with Gasteiger partial charge in [0.1, 0.15) is 4.88 Å². The number of thiazole rings is 1. The van der Waals surface area contributed by atoms with E-state index in [1.54, 1.807) is 6.92 Å². The molecule has 1 aromatic carbocycles. The lowest BCUT2D eigenvalue weighted by atomic mass is 10.3. The zero-order valence-corrected chi connectivity index (χ0v) is 12.2. The number of hydrogen-bond acceptors (Lipinski definition) is 6. The number of carboxylic acids is 1. The smallest absolute Gasteiger partial charge is 0.347 e. The SMILES string of the molecule is Cc1nc(Nc2ccc3c(c2)OCCCO3)sc1C(=O)O. The van der Waals surface area contributed by atoms with Crippen LogP contribution in [0.4, 0.5) is 10.8 Å². The molecule has 2 N–H and O–H groups in total. The van der Waals surface area contributed by atoms with E-state index < -0.39 is 5.97 Å². The van der Waals surface area contributed by atoms with E-state index in [1.807, 2.05) is 18.2 Å². The van der Waals surface area contributed by atoms with Crippen LogP contribution < -0.4 is 14.8 Å². The Labute approximate surface area is 125 Å². The number of benzene rings is 1. The summed E-state index contributed by atoms with van der Waals surface area (Å²) in [5.74, 6) is 0.445. The van der Waals surface area contributed by atoms with Gasteiger partial charge in [0.15, 0.2) is 16.6 Å². The molecule has 2 heterocycles. The first-order valence-corrected chi connectivity index (χ1v) is 7.32. The highest BCUT2D eigenvalue weighted by Crippen LogP contribution is 2.34. The standard InChI is InChI=1S/C14H14N2O4S/c1-8-12(13(17)18)21-14(15-8)16-9-3-4-10-11(7-9)20-6-2-5-19-10/h3-4,7H,2,5-6H2,1H3,(H,15,16)(H,17,18). The Morgan fingerprint density at radius 3 is 2.81 bits per heavy atom. The monoisotopic (exact) mass is 306 g/mol. The molecule has 3 rings (SSSR count). The normalized spacial score (nSPS) is 13.6. The molecule has 6 nitrogen and oxygen atoms in total. The number of nitrogens with one attached hydrogen (secondary N) is 1. The largest absolute Gasteiger partial charge is 0.490 e. The molecule has 1 aromatic heterocycles. The summed E-state index contributed by atoms with van der Waals surface area (Å²) in [6.07, 6.45) is 0.852. The second-order valence-electron chi connectivity index (χ2n) is 4.58. The van der Waals surface area contributed by atoms with Gasteiger partial charge in [0.05, 0.1) is 18.9 Å². The van der Waals surface area contributed by atoms with Gasteiger partial charge in [0, 0.05) is 18.2 Å². The molecule has 7 heteroatoms. The summed E-state index contributed by atoms with van der Waals surface area (Å²) in [5, 5.41) is 12.7. The number of carboxylic acid groups (broad SMARTS) is 1. The molecule has 0 unspecified atom stereocenters. The fourth-order valence-corrected chi connectivity index (χ4v) is 2.84. The summed E-state index contributed by atoms with van der Waals surface area (Å²) >= 11 is 1.11. The average Bonchev–Trinajstić information content (AvgIpc) is 2.68. The Morgan fingerprint density at radius 1 is 1.33 bits per heavy atom. The number of hydrogen-bond donors (Lipinski definition) is 2. The van der Waals surface area contributed by atoms with E-state index >= 15 is 0 Å². The molecular weight excluding hydrogens is 292 g/mol. The van der Waals surface area contributed by atoms with Crippen LogP contribution in [0.2, 0.25) is 0 Å². The predicted molar refractivity (Wildman–Crippen MR) is 79.1 cm³/mol. The summed E-state index contributed by atoms with van der Waals surface area (Å²) in [6, 6.07) is 5.52. The molecule has 110 valence electrons. The first kappa shape index (κ1) is 13.7. The number of carbonyl (C=O) groups is 1. The lowest BCUT2D eigenvalue weighted by molar-refractivity contribution is 0.0701. The van der Waals surface area contributed by atoms with Gasteiger partial charge in [0.2, 0.25) is 0 Å². The van der Waals surface area contributed by atoms with E-state index in [0.717, 1.165) is 29.2 Å². The van der Waals surface area contributed by atoms with Gasteiger partial charge >= 0.3 is 5.97 Å². The van der Waals surface area contributed by atoms with E-state index in [2.05, 4.69) is 10.3 Å². The van der Waals surface area contributed by atoms with Crippen LogP contribution in [0.3, 0.4) is 0 Å². The Bertz CT molecular complexity index is 684. The third kappa shape index (κ3) is 2.92. The Hall–Kier alpha value is -2.28. The van der Waals surface area contributed by atoms with Crippen molar-refractivity contribution in [3.05, 3.63) is 28.8 Å². The van der Waals surface area contributed by atoms with E-state index in [1.165, 1.54) is 0 Å². The predicted octanol–water partition coefficient (Wildman–Crippen LogP) is 3.05. The maximum Gasteiger partial charge on any atom is 0.347 e. The van der Waals surface area contributed by atoms with Gasteiger partial charge in [-0.2, -0.15) is 0 Å². The van der Waals surface area contributed by atoms with Crippen molar-refractivity contribution >= 4 is 28.1 Å². The van der Waals surface area contributed by atoms with Crippen molar-refractivity contribution in [1.29, 1.82) is 0 Å². The van der Waals surface area contributed by atoms with E-state index in [-0.39, 0.29) is 4.88 Å². The van der Waals surface area contributed by atoms with E-state index in [0.29, 0.717) is 29.8 Å². The van der Waals surface area contributed by atoms with Crippen molar-refractivity contribution in [3.63, 3.8) is 0 Å². The highest BCUT2D eigenvalue weighted by Gasteiger charge is 2.15. The third-order valence-corrected chi connectivity index (χ3v) is 4.05. The van der Waals surface area contributed by atoms with Gasteiger partial charge < -0.3 is 19.9 Å². The third-order valence-electron chi connectivity index (χ3n) is 2.99. The molecule has 0 saturated heterocycles. The van der Waals surface area contributed by atoms with Crippen LogP contribution in [0, 0.1) is 6.92 Å². The number of rotatable bonds is 3. The molecule has 1 aliphatic heterocycles. The minimum atomic E-state index is -0.961. The van der Waals surface area contributed by atoms with Gasteiger partial charge in [-0.1, -0.05) is 11.3 Å². The summed E-state index contributed by atoms with van der Waals surface area (Å²) in [7, 11) is 0. The van der Waals surface area contributed by atoms with Crippen LogP contribution >= 0.6 is 11.3 Å². The molecule has 0 radical (unpaired) electrons. The quantitative estimate of drug-likeness (QED) is 0.907. The number of aromatic carboxylic acids is 1. The van der Waals surface area contributed by atoms with Crippen LogP contribution in [-0.4, -0.2) is 29.3 Å². The topological polar surface area (TPSA) is 80.7 Å². The summed E-state index contributed by atoms with van der Waals surface area (Å²) in [6.45, 7) is 2.95. The number of ether oxygens (including phenoxy) is 2. The van der Waals surface area contributed by atoms with Gasteiger partial charge in [-0.25, -0.2) is 9.78 Å². The molecule has 0 aliphatic carbocycles. The van der Waals surface area contributed by atoms with Crippen LogP contribution in [-0.2, 0) is 0 Å². The molecule has 2 aromatic rings. The second kappa shape index (κ2) is 5.61. The van der Waals surface area contributed by atoms with Gasteiger partial charge in [-0.15, -0.1) is 0 Å². The molecule has 1 aliphatic rings. The van der Waals surface area contributed by atoms with E-state index in [9.17, 15) is 4.79 Å². The molecule has 21 heavy (non-hydrogen) atoms. The zero-order valence-electron chi connectivity index (χ0n) is 11.4. The first-order valence-electron chi connectivity index (χ1n) is 6.51. The van der Waals surface area contributed by atoms with Crippen molar-refractivity contribution in [2.24, 2.45) is 0 Å². The van der Waals surface area contributed by atoms with Crippen molar-refractivity contribution in [3.8, 4) is 11.5 Å². The van der Waals surface area contributed by atoms with Crippen LogP contribution in [0.1, 0.15) is 21.8 Å². The molecule has 0 spiro atoms. The van der Waals surface area contributed by atoms with Crippen LogP contribution in [0.25, 0.3) is 0 Å². The number of aromatic nitrogens is 1. The van der Waals surface area contributed by atoms with Gasteiger partial charge in [0.25, 0.3) is 0 Å². The van der Waals surface area contributed by atoms with E-state index in [4.69, 9.17) is 14.6 Å². The first-order chi connectivity index (χ1) is 10.1. The molecule has 0 saturated carbocycles. The van der Waals surface area contributed by atoms with Crippen LogP contribution in [0.15, 0.2) is 18.2 Å². The number of fused-ring (bicyclic) bond motifs is 1. The van der Waals surface area contributed by atoms with Crippen molar-refractivity contribution in [2.75, 3.05) is 18.5 Å². The van der Waals surface area contributed by atoms with Gasteiger partial charge in [-0.05, 0) is 19.1 Å². The number of anilines is 2. The van der Waals surface area contributed by atoms with Crippen molar-refractivity contribution < 1.29 is 19.4 Å². The Balaban J connectivity index is 1.83. The summed E-state index contributed by atoms with van der Waals surface area (Å²) in [5.41, 5.74) is 1.29. The fourth-order valence-electron chi connectivity index (χ4n) is 2.01. The van der Waals surface area contributed by atoms with Crippen molar-refractivity contribution in [1.82, 2.24) is 4.98 Å². The Kier molecular flexibility index (Phi) is 3.66. The Morgan fingerprint density at radius 2 is 2.10 bits per heavy atom. The lowest BCUT2D eigenvalue weighted by Gasteiger charge is -2.09. The van der Waals surface area contributed by atoms with Crippen LogP contribution in [0.5, 0.6) is 11.5 Å². The molecular formula is C14H14N2O4S. The summed E-state index contributed by atoms with van der Waals surface area (Å²) in [4.78, 5) is 15.5. The molecule has 0 fully saturated rings. The highest BCUT2D eigenvalue weighted by molar-refractivity contribution is 7.17. The maximum absolute atomic E-state index is 11.0. The highest BCUT2D eigenvalue weighted by atomic mass is 32.1. The molecule has 0 amide bonds. The minimum absolute atomic E-state index is 0.242. The summed E-state index contributed by atoms with van der Waals surface area (Å²) < 4.78 is 11.2. The second-order valence-corrected chi connectivity index (χ2v) is 5.57. The fraction of sp³-hybridized carbons (Fsp3) is 0.286. The molecule has 0 bridgehead atoms. The van der Waals surface area contributed by atoms with Crippen molar-refractivity contribution in [2.45, 2.75) is 13.3 Å². The number of aryl methyl sites for hydroxylation is 1. The maximum atomic E-state index is 11.0. The number of nitrogens with zero attached hydrogens (tertiary/aromatic N) is 1. The zero-order chi connectivity index (χ0) is 14.8. The average molecular weight is 306 g/mol. The molecule has 0 atom stereocenters. The minimum Gasteiger partial charge on any atom is -0.490 e. The van der Waals surface area contributed by atoms with Gasteiger partial charge in [-0.3, -0.25) is 0 Å².